The fourth-order valence-corrected chi connectivity index (χ4v) is 3.58. The second kappa shape index (κ2) is 7.89. The molecule has 0 aliphatic carbocycles. The summed E-state index contributed by atoms with van der Waals surface area (Å²) in [6.45, 7) is 1.20. The van der Waals surface area contributed by atoms with Gasteiger partial charge in [-0.2, -0.15) is 0 Å². The van der Waals surface area contributed by atoms with E-state index in [2.05, 4.69) is 9.97 Å². The number of fused-ring (bicyclic) bond motifs is 1. The number of rotatable bonds is 6. The molecule has 1 aliphatic heterocycles. The molecule has 2 aromatic heterocycles. The van der Waals surface area contributed by atoms with Gasteiger partial charge in [0.15, 0.2) is 0 Å². The van der Waals surface area contributed by atoms with E-state index in [0.29, 0.717) is 34.0 Å². The van der Waals surface area contributed by atoms with Crippen LogP contribution in [0.1, 0.15) is 29.0 Å². The van der Waals surface area contributed by atoms with E-state index in [1.807, 2.05) is 0 Å². The van der Waals surface area contributed by atoms with Gasteiger partial charge in [0.2, 0.25) is 0 Å². The Hall–Kier alpha value is -2.71. The highest BCUT2D eigenvalue weighted by atomic mass is 32.1. The average molecular weight is 386 g/mol. The van der Waals surface area contributed by atoms with E-state index >= 15 is 0 Å². The molecule has 3 heterocycles. The van der Waals surface area contributed by atoms with E-state index in [4.69, 9.17) is 14.2 Å². The first-order chi connectivity index (χ1) is 13.2. The summed E-state index contributed by atoms with van der Waals surface area (Å²) in [6.07, 6.45) is 2.22. The van der Waals surface area contributed by atoms with Gasteiger partial charge >= 0.3 is 5.97 Å². The minimum Gasteiger partial charge on any atom is -0.491 e. The molecule has 1 aliphatic rings. The van der Waals surface area contributed by atoms with Crippen LogP contribution in [0.4, 0.5) is 0 Å². The smallest absolute Gasteiger partial charge is 0.338 e. The Morgan fingerprint density at radius 1 is 1.30 bits per heavy atom. The number of hydrogen-bond donors (Lipinski definition) is 1. The molecular weight excluding hydrogens is 368 g/mol. The van der Waals surface area contributed by atoms with Gasteiger partial charge in [0.25, 0.3) is 5.56 Å². The van der Waals surface area contributed by atoms with E-state index in [9.17, 15) is 9.59 Å². The molecule has 1 fully saturated rings. The Morgan fingerprint density at radius 3 is 2.93 bits per heavy atom. The number of aromatic nitrogens is 2. The van der Waals surface area contributed by atoms with Crippen LogP contribution >= 0.6 is 11.3 Å². The van der Waals surface area contributed by atoms with Crippen molar-refractivity contribution in [2.24, 2.45) is 0 Å². The minimum atomic E-state index is -0.492. The SMILES string of the molecule is O=C(OCc1nc2ccsc2c(=O)[nH]1)c1ccc(OC[C@H]2CCCO2)cc1. The van der Waals surface area contributed by atoms with Crippen LogP contribution in [0.3, 0.4) is 0 Å². The van der Waals surface area contributed by atoms with E-state index in [-0.39, 0.29) is 18.3 Å². The fourth-order valence-electron chi connectivity index (χ4n) is 2.86. The first kappa shape index (κ1) is 17.7. The lowest BCUT2D eigenvalue weighted by Crippen LogP contribution is -2.16. The molecule has 8 heteroatoms. The number of nitrogens with one attached hydrogen (secondary N) is 1. The molecule has 1 aromatic carbocycles. The van der Waals surface area contributed by atoms with Gasteiger partial charge in [-0.15, -0.1) is 11.3 Å². The molecule has 0 saturated carbocycles. The molecule has 140 valence electrons. The second-order valence-corrected chi connectivity index (χ2v) is 7.11. The summed E-state index contributed by atoms with van der Waals surface area (Å²) in [5.41, 5.74) is 0.773. The molecule has 4 rings (SSSR count). The molecule has 7 nitrogen and oxygen atoms in total. The summed E-state index contributed by atoms with van der Waals surface area (Å²) in [5.74, 6) is 0.500. The van der Waals surface area contributed by atoms with Gasteiger partial charge in [-0.25, -0.2) is 9.78 Å². The number of nitrogens with zero attached hydrogens (tertiary/aromatic N) is 1. The number of hydrogen-bond acceptors (Lipinski definition) is 7. The Kier molecular flexibility index (Phi) is 5.17. The molecular formula is C19H18N2O5S. The van der Waals surface area contributed by atoms with E-state index in [1.165, 1.54) is 11.3 Å². The molecule has 3 aromatic rings. The van der Waals surface area contributed by atoms with Crippen molar-refractivity contribution in [2.45, 2.75) is 25.6 Å². The highest BCUT2D eigenvalue weighted by molar-refractivity contribution is 7.17. The quantitative estimate of drug-likeness (QED) is 0.655. The van der Waals surface area contributed by atoms with Crippen LogP contribution in [-0.4, -0.2) is 35.3 Å². The lowest BCUT2D eigenvalue weighted by atomic mass is 10.2. The molecule has 0 amide bonds. The second-order valence-electron chi connectivity index (χ2n) is 6.19. The monoisotopic (exact) mass is 386 g/mol. The van der Waals surface area contributed by atoms with Crippen molar-refractivity contribution in [1.29, 1.82) is 0 Å². The Morgan fingerprint density at radius 2 is 2.15 bits per heavy atom. The first-order valence-corrected chi connectivity index (χ1v) is 9.55. The van der Waals surface area contributed by atoms with Crippen molar-refractivity contribution in [3.05, 3.63) is 57.5 Å². The number of benzene rings is 1. The molecule has 1 saturated heterocycles. The number of esters is 1. The maximum absolute atomic E-state index is 12.2. The number of ether oxygens (including phenoxy) is 3. The van der Waals surface area contributed by atoms with Gasteiger partial charge < -0.3 is 19.2 Å². The van der Waals surface area contributed by atoms with Crippen LogP contribution < -0.4 is 10.3 Å². The van der Waals surface area contributed by atoms with Crippen LogP contribution in [0, 0.1) is 0 Å². The average Bonchev–Trinajstić information content (AvgIpc) is 3.37. The zero-order valence-electron chi connectivity index (χ0n) is 14.5. The summed E-state index contributed by atoms with van der Waals surface area (Å²) in [4.78, 5) is 31.0. The van der Waals surface area contributed by atoms with Gasteiger partial charge in [0.05, 0.1) is 17.2 Å². The summed E-state index contributed by atoms with van der Waals surface area (Å²) >= 11 is 1.32. The van der Waals surface area contributed by atoms with Crippen LogP contribution in [0.25, 0.3) is 10.2 Å². The zero-order chi connectivity index (χ0) is 18.6. The normalized spacial score (nSPS) is 16.5. The number of carbonyl (C=O) groups is 1. The lowest BCUT2D eigenvalue weighted by molar-refractivity contribution is 0.0462. The Labute approximate surface area is 158 Å². The van der Waals surface area contributed by atoms with Crippen molar-refractivity contribution in [3.8, 4) is 5.75 Å². The third-order valence-electron chi connectivity index (χ3n) is 4.25. The first-order valence-electron chi connectivity index (χ1n) is 8.67. The van der Waals surface area contributed by atoms with Crippen LogP contribution in [0.2, 0.25) is 0 Å². The number of aromatic amines is 1. The summed E-state index contributed by atoms with van der Waals surface area (Å²) < 4.78 is 17.0. The number of thiophene rings is 1. The number of H-pyrrole nitrogens is 1. The minimum absolute atomic E-state index is 0.100. The van der Waals surface area contributed by atoms with Crippen LogP contribution in [0.15, 0.2) is 40.5 Å². The largest absolute Gasteiger partial charge is 0.491 e. The van der Waals surface area contributed by atoms with Gasteiger partial charge in [-0.05, 0) is 48.6 Å². The van der Waals surface area contributed by atoms with Crippen LogP contribution in [-0.2, 0) is 16.1 Å². The zero-order valence-corrected chi connectivity index (χ0v) is 15.3. The molecule has 0 unspecified atom stereocenters. The van der Waals surface area contributed by atoms with Gasteiger partial charge in [-0.3, -0.25) is 4.79 Å². The summed E-state index contributed by atoms with van der Waals surface area (Å²) in [7, 11) is 0. The van der Waals surface area contributed by atoms with Gasteiger partial charge in [-0.1, -0.05) is 0 Å². The highest BCUT2D eigenvalue weighted by Crippen LogP contribution is 2.17. The summed E-state index contributed by atoms with van der Waals surface area (Å²) in [5, 5.41) is 1.80. The van der Waals surface area contributed by atoms with Crippen molar-refractivity contribution < 1.29 is 19.0 Å². The number of carbonyl (C=O) groups excluding carboxylic acids is 1. The van der Waals surface area contributed by atoms with Gasteiger partial charge in [0, 0.05) is 6.61 Å². The van der Waals surface area contributed by atoms with Crippen molar-refractivity contribution in [3.63, 3.8) is 0 Å². The Balaban J connectivity index is 1.33. The van der Waals surface area contributed by atoms with E-state index in [1.54, 1.807) is 35.7 Å². The van der Waals surface area contributed by atoms with Crippen LogP contribution in [0.5, 0.6) is 5.75 Å². The van der Waals surface area contributed by atoms with Crippen molar-refractivity contribution >= 4 is 27.5 Å². The van der Waals surface area contributed by atoms with Crippen molar-refractivity contribution in [1.82, 2.24) is 9.97 Å². The fraction of sp³-hybridized carbons (Fsp3) is 0.316. The third-order valence-corrected chi connectivity index (χ3v) is 5.16. The molecule has 0 spiro atoms. The molecule has 27 heavy (non-hydrogen) atoms. The maximum Gasteiger partial charge on any atom is 0.338 e. The maximum atomic E-state index is 12.2. The molecule has 0 radical (unpaired) electrons. The third kappa shape index (κ3) is 4.17. The topological polar surface area (TPSA) is 90.5 Å². The lowest BCUT2D eigenvalue weighted by Gasteiger charge is -2.11. The van der Waals surface area contributed by atoms with E-state index in [0.717, 1.165) is 19.4 Å². The standard InChI is InChI=1S/C19H18N2O5S/c22-18-17-15(7-9-27-17)20-16(21-18)11-26-19(23)12-3-5-13(6-4-12)25-10-14-2-1-8-24-14/h3-7,9,14H,1-2,8,10-11H2,(H,20,21,22)/t14-/m1/s1. The highest BCUT2D eigenvalue weighted by Gasteiger charge is 2.16. The molecule has 1 N–H and O–H groups in total. The van der Waals surface area contributed by atoms with E-state index < -0.39 is 5.97 Å². The van der Waals surface area contributed by atoms with Gasteiger partial charge in [0.1, 0.15) is 29.5 Å². The predicted molar refractivity (Wildman–Crippen MR) is 100 cm³/mol. The Bertz CT molecular complexity index is 989. The summed E-state index contributed by atoms with van der Waals surface area (Å²) in [6, 6.07) is 8.50. The molecule has 0 bridgehead atoms. The molecule has 1 atom stereocenters. The van der Waals surface area contributed by atoms with Crippen molar-refractivity contribution in [2.75, 3.05) is 13.2 Å². The predicted octanol–water partition coefficient (Wildman–Crippen LogP) is 2.90.